The normalized spacial score (nSPS) is 11.5. The molecule has 1 radical (unpaired) electrons. The van der Waals surface area contributed by atoms with Gasteiger partial charge in [0.2, 0.25) is 0 Å². The second-order valence-electron chi connectivity index (χ2n) is 27.2. The van der Waals surface area contributed by atoms with Gasteiger partial charge in [0, 0.05) is 118 Å². The number of hydrogen-bond acceptors (Lipinski definition) is 9. The quantitative estimate of drug-likeness (QED) is 0.0871. The fourth-order valence-electron chi connectivity index (χ4n) is 15.4. The number of nitrogens with zero attached hydrogens (tertiary/aromatic N) is 9. The predicted octanol–water partition coefficient (Wildman–Crippen LogP) is 24.4. The van der Waals surface area contributed by atoms with Crippen molar-refractivity contribution >= 4 is 97.7 Å². The molecule has 0 N–H and O–H groups in total. The maximum absolute atomic E-state index is 5.24. The van der Waals surface area contributed by atoms with Crippen LogP contribution in [-0.2, 0) is 39.4 Å². The van der Waals surface area contributed by atoms with E-state index in [0.29, 0.717) is 17.5 Å². The number of aryl methyl sites for hydroxylation is 3. The Morgan fingerprint density at radius 3 is 0.587 bits per heavy atom. The van der Waals surface area contributed by atoms with Gasteiger partial charge in [-0.05, 0) is 55.7 Å². The summed E-state index contributed by atoms with van der Waals surface area (Å²) in [5, 5.41) is 13.4. The Labute approximate surface area is 644 Å². The van der Waals surface area contributed by atoms with Crippen molar-refractivity contribution in [2.45, 2.75) is 40.0 Å². The Morgan fingerprint density at radius 2 is 0.404 bits per heavy atom. The minimum absolute atomic E-state index is 0. The molecule has 9 nitrogen and oxygen atoms in total. The predicted molar refractivity (Wildman–Crippen MR) is 444 cm³/mol. The summed E-state index contributed by atoms with van der Waals surface area (Å²) in [6, 6.07) is 117. The van der Waals surface area contributed by atoms with Crippen LogP contribution in [-0.4, -0.2) is 44.9 Å². The third kappa shape index (κ3) is 12.4. The average Bonchev–Trinajstić information content (AvgIpc) is 0.731. The number of pyridine rings is 3. The Balaban J connectivity index is 0.000000114. The molecule has 519 valence electrons. The first kappa shape index (κ1) is 67.6. The Kier molecular flexibility index (Phi) is 17.9. The fourth-order valence-corrected chi connectivity index (χ4v) is 15.4. The molecule has 0 unspecified atom stereocenters. The van der Waals surface area contributed by atoms with Crippen molar-refractivity contribution in [1.82, 2.24) is 44.9 Å². The second kappa shape index (κ2) is 28.9. The minimum atomic E-state index is 0. The van der Waals surface area contributed by atoms with E-state index in [-0.39, 0.29) is 20.1 Å². The van der Waals surface area contributed by atoms with Gasteiger partial charge in [-0.15, -0.1) is 106 Å². The van der Waals surface area contributed by atoms with Crippen LogP contribution in [0.15, 0.2) is 309 Å². The topological polar surface area (TPSA) is 116 Å². The van der Waals surface area contributed by atoms with Crippen molar-refractivity contribution in [3.05, 3.63) is 344 Å². The van der Waals surface area contributed by atoms with Crippen LogP contribution in [0.1, 0.15) is 37.5 Å². The molecule has 0 fully saturated rings. The summed E-state index contributed by atoms with van der Waals surface area (Å²) >= 11 is 0. The third-order valence-corrected chi connectivity index (χ3v) is 20.7. The summed E-state index contributed by atoms with van der Waals surface area (Å²) in [5.41, 5.74) is 24.6. The van der Waals surface area contributed by atoms with Crippen LogP contribution in [0.4, 0.5) is 0 Å². The molecule has 6 heterocycles. The molecule has 10 heteroatoms. The summed E-state index contributed by atoms with van der Waals surface area (Å²) in [6.45, 7) is 6.47. The molecule has 0 saturated heterocycles. The van der Waals surface area contributed by atoms with Gasteiger partial charge in [-0.3, -0.25) is 29.9 Å². The third-order valence-electron chi connectivity index (χ3n) is 20.7. The monoisotopic (exact) mass is 1570 g/mol. The van der Waals surface area contributed by atoms with E-state index >= 15 is 0 Å². The zero-order valence-corrected chi connectivity index (χ0v) is 62.3. The standard InChI is InChI=1S/3C33H22N3.Ir/c3*1-2-21-10-9-15-24(20-21)33-34-27-18-16-25-29-26(17-19-28(35-33)30(27)29)32(23-13-7-4-8-14-23)36-31(25)22-11-5-3-6-12-22;/h3*3-14,16-20H,2H2,1H3;/q3*-1;. The van der Waals surface area contributed by atoms with Crippen molar-refractivity contribution in [3.8, 4) is 102 Å². The molecule has 0 atom stereocenters. The smallest absolute Gasteiger partial charge is 0.0788 e. The Morgan fingerprint density at radius 1 is 0.211 bits per heavy atom. The number of rotatable bonds is 12. The average molecular weight is 1570 g/mol. The molecule has 0 spiro atoms. The van der Waals surface area contributed by atoms with E-state index in [1.54, 1.807) is 0 Å². The molecular formula is C99H66IrN9-3. The summed E-state index contributed by atoms with van der Waals surface area (Å²) < 4.78 is 0. The van der Waals surface area contributed by atoms with Gasteiger partial charge in [-0.2, -0.15) is 0 Å². The van der Waals surface area contributed by atoms with Crippen molar-refractivity contribution in [2.75, 3.05) is 0 Å². The molecule has 21 aromatic rings. The van der Waals surface area contributed by atoms with Crippen LogP contribution in [0.25, 0.3) is 199 Å². The zero-order valence-electron chi connectivity index (χ0n) is 59.9. The van der Waals surface area contributed by atoms with E-state index in [4.69, 9.17) is 44.9 Å². The SMILES string of the molecule is CCc1cc[c-]c(-c2nc3ccc4c(-c5ccccc5)nc(-c5ccccc5)c5ccc(n2)c3c45)c1.CCc1cc[c-]c(-c2nc3ccc4c(-c5ccccc5)nc(-c5ccccc5)c5ccc(n2)c3c45)c1.CCc1cc[c-]c(-c2nc3ccc4c(-c5ccccc5)nc(-c5ccccc5)c5ccc(n2)c3c45)c1.[Ir]. The van der Waals surface area contributed by atoms with Crippen LogP contribution in [0, 0.1) is 18.2 Å². The van der Waals surface area contributed by atoms with Crippen LogP contribution in [0.5, 0.6) is 0 Å². The van der Waals surface area contributed by atoms with E-state index in [9.17, 15) is 0 Å². The van der Waals surface area contributed by atoms with Gasteiger partial charge >= 0.3 is 0 Å². The van der Waals surface area contributed by atoms with Crippen molar-refractivity contribution in [1.29, 1.82) is 0 Å². The first-order valence-corrected chi connectivity index (χ1v) is 36.8. The molecular weight excluding hydrogens is 1510 g/mol. The molecule has 0 amide bonds. The van der Waals surface area contributed by atoms with Gasteiger partial charge in [0.25, 0.3) is 0 Å². The number of benzene rings is 15. The molecule has 109 heavy (non-hydrogen) atoms. The maximum Gasteiger partial charge on any atom is 0.0788 e. The van der Waals surface area contributed by atoms with Crippen LogP contribution < -0.4 is 0 Å². The molecule has 6 aromatic heterocycles. The Hall–Kier alpha value is -13.2. The first-order chi connectivity index (χ1) is 53.4. The molecule has 0 saturated carbocycles. The molecule has 21 rings (SSSR count). The fraction of sp³-hybridized carbons (Fsp3) is 0.0606. The summed E-state index contributed by atoms with van der Waals surface area (Å²) in [4.78, 5) is 45.8. The van der Waals surface area contributed by atoms with E-state index in [0.717, 1.165) is 201 Å². The van der Waals surface area contributed by atoms with Crippen molar-refractivity contribution in [3.63, 3.8) is 0 Å². The van der Waals surface area contributed by atoms with Crippen LogP contribution in [0.2, 0.25) is 0 Å². The molecule has 0 aliphatic heterocycles. The van der Waals surface area contributed by atoms with E-state index < -0.39 is 0 Å². The summed E-state index contributed by atoms with van der Waals surface area (Å²) in [5.74, 6) is 2.13. The number of aromatic nitrogens is 9. The van der Waals surface area contributed by atoms with Crippen LogP contribution in [0.3, 0.4) is 0 Å². The van der Waals surface area contributed by atoms with E-state index in [1.165, 1.54) is 16.7 Å². The number of hydrogen-bond donors (Lipinski definition) is 0. The zero-order chi connectivity index (χ0) is 72.2. The van der Waals surface area contributed by atoms with Gasteiger partial charge in [-0.25, -0.2) is 15.0 Å². The molecule has 0 aliphatic rings. The Bertz CT molecular complexity index is 5920. The van der Waals surface area contributed by atoms with Crippen LogP contribution >= 0.6 is 0 Å². The molecule has 15 aromatic carbocycles. The second-order valence-corrected chi connectivity index (χ2v) is 27.2. The van der Waals surface area contributed by atoms with Gasteiger partial charge in [-0.1, -0.05) is 239 Å². The van der Waals surface area contributed by atoms with Gasteiger partial charge in [0.15, 0.2) is 0 Å². The molecule has 0 aliphatic carbocycles. The largest absolute Gasteiger partial charge is 0.277 e. The van der Waals surface area contributed by atoms with Crippen molar-refractivity contribution < 1.29 is 20.1 Å². The van der Waals surface area contributed by atoms with E-state index in [1.807, 2.05) is 54.6 Å². The summed E-state index contributed by atoms with van der Waals surface area (Å²) in [6.07, 6.45) is 2.90. The van der Waals surface area contributed by atoms with E-state index in [2.05, 4.69) is 294 Å². The molecule has 0 bridgehead atoms. The van der Waals surface area contributed by atoms with Gasteiger partial charge < -0.3 is 0 Å². The van der Waals surface area contributed by atoms with Crippen molar-refractivity contribution in [2.24, 2.45) is 0 Å². The maximum atomic E-state index is 5.24. The van der Waals surface area contributed by atoms with Gasteiger partial charge in [0.05, 0.1) is 84.7 Å². The first-order valence-electron chi connectivity index (χ1n) is 36.8. The summed E-state index contributed by atoms with van der Waals surface area (Å²) in [7, 11) is 0. The minimum Gasteiger partial charge on any atom is -0.277 e. The van der Waals surface area contributed by atoms with Gasteiger partial charge in [0.1, 0.15) is 0 Å².